The second kappa shape index (κ2) is 7.78. The van der Waals surface area contributed by atoms with Crippen molar-refractivity contribution in [2.45, 2.75) is 13.3 Å². The summed E-state index contributed by atoms with van der Waals surface area (Å²) in [4.78, 5) is 20.0. The van der Waals surface area contributed by atoms with Crippen molar-refractivity contribution < 1.29 is 19.8 Å². The molecule has 0 aliphatic rings. The van der Waals surface area contributed by atoms with Gasteiger partial charge in [-0.1, -0.05) is 0 Å². The van der Waals surface area contributed by atoms with Gasteiger partial charge in [0.25, 0.3) is 0 Å². The molecule has 0 radical (unpaired) electrons. The Hall–Kier alpha value is -0.850. The molecule has 78 valence electrons. The molecule has 0 rings (SSSR count). The van der Waals surface area contributed by atoms with Gasteiger partial charge in [-0.15, -0.1) is 0 Å². The molecule has 6 heteroatoms. The van der Waals surface area contributed by atoms with Crippen molar-refractivity contribution in [1.29, 1.82) is 0 Å². The highest BCUT2D eigenvalue weighted by atomic mass is 17.2. The second-order valence-electron chi connectivity index (χ2n) is 2.34. The van der Waals surface area contributed by atoms with Gasteiger partial charge in [0.15, 0.2) is 0 Å². The summed E-state index contributed by atoms with van der Waals surface area (Å²) in [6, 6.07) is -0.531. The first-order valence-electron chi connectivity index (χ1n) is 4.13. The van der Waals surface area contributed by atoms with Crippen LogP contribution in [0.1, 0.15) is 13.3 Å². The van der Waals surface area contributed by atoms with Crippen LogP contribution in [-0.4, -0.2) is 43.1 Å². The van der Waals surface area contributed by atoms with E-state index in [0.717, 1.165) is 0 Å². The highest BCUT2D eigenvalue weighted by Gasteiger charge is 2.02. The maximum atomic E-state index is 10.7. The molecule has 6 nitrogen and oxygen atoms in total. The molecule has 0 aromatic carbocycles. The zero-order valence-corrected chi connectivity index (χ0v) is 7.95. The number of carbonyl (C=O) groups excluding carboxylic acids is 1. The molecule has 0 aliphatic heterocycles. The fourth-order valence-electron chi connectivity index (χ4n) is 0.583. The summed E-state index contributed by atoms with van der Waals surface area (Å²) in [5.74, 6) is 0. The van der Waals surface area contributed by atoms with E-state index in [4.69, 9.17) is 10.1 Å². The first-order chi connectivity index (χ1) is 6.18. The summed E-state index contributed by atoms with van der Waals surface area (Å²) in [6.45, 7) is 3.19. The lowest BCUT2D eigenvalue weighted by Crippen LogP contribution is -2.35. The molecule has 0 spiro atoms. The fraction of sp³-hybridized carbons (Fsp3) is 0.857. The van der Waals surface area contributed by atoms with Crippen molar-refractivity contribution in [3.05, 3.63) is 0 Å². The summed E-state index contributed by atoms with van der Waals surface area (Å²) in [5.41, 5.74) is 0. The van der Waals surface area contributed by atoms with Gasteiger partial charge in [-0.2, -0.15) is 0 Å². The number of carbonyl (C=O) groups is 1. The Morgan fingerprint density at radius 1 is 1.54 bits per heavy atom. The Morgan fingerprint density at radius 3 is 2.77 bits per heavy atom. The lowest BCUT2D eigenvalue weighted by Gasteiger charge is -2.09. The van der Waals surface area contributed by atoms with E-state index in [0.29, 0.717) is 31.2 Å². The number of amides is 2. The number of rotatable bonds is 6. The van der Waals surface area contributed by atoms with Gasteiger partial charge < -0.3 is 5.32 Å². The lowest BCUT2D eigenvalue weighted by atomic mass is 10.4. The topological polar surface area (TPSA) is 71.0 Å². The Balaban J connectivity index is 3.12. The third kappa shape index (κ3) is 7.51. The first-order valence-corrected chi connectivity index (χ1v) is 4.13. The first kappa shape index (κ1) is 12.2. The fourth-order valence-corrected chi connectivity index (χ4v) is 0.583. The van der Waals surface area contributed by atoms with Crippen LogP contribution in [0.2, 0.25) is 0 Å². The number of nitrogens with zero attached hydrogens (tertiary/aromatic N) is 1. The molecule has 0 unspecified atom stereocenters. The third-order valence-corrected chi connectivity index (χ3v) is 1.18. The average Bonchev–Trinajstić information content (AvgIpc) is 2.10. The van der Waals surface area contributed by atoms with Gasteiger partial charge in [0.05, 0.1) is 13.2 Å². The van der Waals surface area contributed by atoms with Gasteiger partial charge >= 0.3 is 6.03 Å². The highest BCUT2D eigenvalue weighted by molar-refractivity contribution is 5.72. The molecular weight excluding hydrogens is 176 g/mol. The maximum Gasteiger partial charge on any atom is 0.340 e. The molecule has 0 aliphatic carbocycles. The molecule has 0 heterocycles. The number of hydroxylamine groups is 2. The van der Waals surface area contributed by atoms with E-state index < -0.39 is 6.03 Å². The molecule has 0 bridgehead atoms. The van der Waals surface area contributed by atoms with Crippen LogP contribution in [0.4, 0.5) is 4.79 Å². The number of hydrogen-bond acceptors (Lipinski definition) is 4. The second-order valence-corrected chi connectivity index (χ2v) is 2.34. The van der Waals surface area contributed by atoms with E-state index in [1.807, 2.05) is 6.92 Å². The Labute approximate surface area is 77.3 Å². The monoisotopic (exact) mass is 192 g/mol. The van der Waals surface area contributed by atoms with Gasteiger partial charge in [-0.3, -0.25) is 5.21 Å². The molecule has 0 saturated heterocycles. The van der Waals surface area contributed by atoms with E-state index in [2.05, 4.69) is 10.2 Å². The van der Waals surface area contributed by atoms with Gasteiger partial charge in [0.1, 0.15) is 0 Å². The summed E-state index contributed by atoms with van der Waals surface area (Å²) < 4.78 is 0. The number of nitrogens with one attached hydrogen (secondary N) is 1. The van der Waals surface area contributed by atoms with Gasteiger partial charge in [0.2, 0.25) is 0 Å². The van der Waals surface area contributed by atoms with Crippen molar-refractivity contribution >= 4 is 6.03 Å². The standard InChI is InChI=1S/C7H16N2O4/c1-3-12-13-6-4-5-8-7(10)9(2)11/h11H,3-6H2,1-2H3,(H,8,10). The largest absolute Gasteiger partial charge is 0.340 e. The van der Waals surface area contributed by atoms with Crippen LogP contribution in [0.5, 0.6) is 0 Å². The van der Waals surface area contributed by atoms with Gasteiger partial charge in [0, 0.05) is 13.6 Å². The smallest absolute Gasteiger partial charge is 0.336 e. The molecule has 2 amide bonds. The van der Waals surface area contributed by atoms with Crippen molar-refractivity contribution in [2.24, 2.45) is 0 Å². The molecule has 0 saturated carbocycles. The Morgan fingerprint density at radius 2 is 2.23 bits per heavy atom. The van der Waals surface area contributed by atoms with Crippen molar-refractivity contribution in [3.63, 3.8) is 0 Å². The third-order valence-electron chi connectivity index (χ3n) is 1.18. The SMILES string of the molecule is CCOOCCCNC(=O)N(C)O. The van der Waals surface area contributed by atoms with E-state index >= 15 is 0 Å². The Bertz CT molecular complexity index is 140. The van der Waals surface area contributed by atoms with E-state index in [-0.39, 0.29) is 0 Å². The van der Waals surface area contributed by atoms with Crippen molar-refractivity contribution in [1.82, 2.24) is 10.4 Å². The molecule has 0 fully saturated rings. The zero-order chi connectivity index (χ0) is 10.1. The highest BCUT2D eigenvalue weighted by Crippen LogP contribution is 1.83. The summed E-state index contributed by atoms with van der Waals surface area (Å²) >= 11 is 0. The van der Waals surface area contributed by atoms with E-state index in [1.165, 1.54) is 7.05 Å². The minimum Gasteiger partial charge on any atom is -0.336 e. The van der Waals surface area contributed by atoms with Crippen LogP contribution in [0.25, 0.3) is 0 Å². The lowest BCUT2D eigenvalue weighted by molar-refractivity contribution is -0.291. The van der Waals surface area contributed by atoms with Crippen LogP contribution in [0.15, 0.2) is 0 Å². The van der Waals surface area contributed by atoms with Crippen LogP contribution >= 0.6 is 0 Å². The Kier molecular flexibility index (Phi) is 7.27. The van der Waals surface area contributed by atoms with Crippen molar-refractivity contribution in [3.8, 4) is 0 Å². The van der Waals surface area contributed by atoms with Crippen LogP contribution < -0.4 is 5.32 Å². The zero-order valence-electron chi connectivity index (χ0n) is 7.95. The molecule has 0 aromatic rings. The molecule has 13 heavy (non-hydrogen) atoms. The summed E-state index contributed by atoms with van der Waals surface area (Å²) in [7, 11) is 1.26. The minimum atomic E-state index is -0.531. The number of hydrogen-bond donors (Lipinski definition) is 2. The minimum absolute atomic E-state index is 0.420. The molecule has 0 aromatic heterocycles. The van der Waals surface area contributed by atoms with Crippen LogP contribution in [0, 0.1) is 0 Å². The molecular formula is C7H16N2O4. The molecule has 2 N–H and O–H groups in total. The number of urea groups is 1. The predicted octanol–water partition coefficient (Wildman–Crippen LogP) is 0.375. The normalized spacial score (nSPS) is 9.77. The van der Waals surface area contributed by atoms with E-state index in [1.54, 1.807) is 0 Å². The maximum absolute atomic E-state index is 10.7. The van der Waals surface area contributed by atoms with Crippen molar-refractivity contribution in [2.75, 3.05) is 26.8 Å². The van der Waals surface area contributed by atoms with Crippen LogP contribution in [-0.2, 0) is 9.78 Å². The van der Waals surface area contributed by atoms with Gasteiger partial charge in [-0.25, -0.2) is 19.6 Å². The van der Waals surface area contributed by atoms with Crippen LogP contribution in [0.3, 0.4) is 0 Å². The summed E-state index contributed by atoms with van der Waals surface area (Å²) in [5, 5.41) is 11.6. The average molecular weight is 192 g/mol. The predicted molar refractivity (Wildman–Crippen MR) is 45.1 cm³/mol. The molecule has 0 atom stereocenters. The van der Waals surface area contributed by atoms with Gasteiger partial charge in [-0.05, 0) is 13.3 Å². The quantitative estimate of drug-likeness (QED) is 0.276. The summed E-state index contributed by atoms with van der Waals surface area (Å²) in [6.07, 6.45) is 0.638. The van der Waals surface area contributed by atoms with E-state index in [9.17, 15) is 4.79 Å².